The van der Waals surface area contributed by atoms with Gasteiger partial charge in [0.2, 0.25) is 0 Å². The van der Waals surface area contributed by atoms with Gasteiger partial charge in [0.1, 0.15) is 0 Å². The minimum atomic E-state index is 0.893. The van der Waals surface area contributed by atoms with E-state index in [0.717, 1.165) is 5.92 Å². The summed E-state index contributed by atoms with van der Waals surface area (Å²) in [5, 5.41) is 0. The standard InChI is InChI=1S/C19H31N3/c1-16-5-4-6-19(17(16)2)22-9-7-18(8-10-22)15-21-13-11-20(3)12-14-21/h4-6,18H,7-15H2,1-3H3. The van der Waals surface area contributed by atoms with E-state index >= 15 is 0 Å². The number of piperidine rings is 1. The second-order valence-corrected chi connectivity index (χ2v) is 7.25. The Hall–Kier alpha value is -1.06. The van der Waals surface area contributed by atoms with E-state index in [1.165, 1.54) is 75.5 Å². The normalized spacial score (nSPS) is 22.2. The summed E-state index contributed by atoms with van der Waals surface area (Å²) in [6.45, 7) is 13.2. The topological polar surface area (TPSA) is 9.72 Å². The Labute approximate surface area is 135 Å². The Morgan fingerprint density at radius 2 is 1.64 bits per heavy atom. The molecule has 0 aliphatic carbocycles. The number of rotatable bonds is 3. The van der Waals surface area contributed by atoms with Crippen molar-refractivity contribution in [3.63, 3.8) is 0 Å². The Balaban J connectivity index is 1.51. The lowest BCUT2D eigenvalue weighted by Crippen LogP contribution is -2.47. The van der Waals surface area contributed by atoms with Gasteiger partial charge in [0.05, 0.1) is 0 Å². The first-order valence-corrected chi connectivity index (χ1v) is 8.85. The number of hydrogen-bond donors (Lipinski definition) is 0. The molecular formula is C19H31N3. The summed E-state index contributed by atoms with van der Waals surface area (Å²) in [5.74, 6) is 0.893. The van der Waals surface area contributed by atoms with Gasteiger partial charge >= 0.3 is 0 Å². The van der Waals surface area contributed by atoms with Crippen LogP contribution < -0.4 is 4.90 Å². The third-order valence-electron chi connectivity index (χ3n) is 5.64. The van der Waals surface area contributed by atoms with E-state index in [1.54, 1.807) is 0 Å². The maximum absolute atomic E-state index is 2.68. The van der Waals surface area contributed by atoms with Crippen LogP contribution in [0.5, 0.6) is 0 Å². The fourth-order valence-corrected chi connectivity index (χ4v) is 3.83. The van der Waals surface area contributed by atoms with Crippen molar-refractivity contribution < 1.29 is 0 Å². The third-order valence-corrected chi connectivity index (χ3v) is 5.64. The zero-order chi connectivity index (χ0) is 15.5. The number of benzene rings is 1. The zero-order valence-electron chi connectivity index (χ0n) is 14.5. The van der Waals surface area contributed by atoms with Crippen LogP contribution in [-0.4, -0.2) is 62.7 Å². The predicted octanol–water partition coefficient (Wildman–Crippen LogP) is 2.77. The molecule has 0 saturated carbocycles. The Morgan fingerprint density at radius 1 is 0.955 bits per heavy atom. The molecule has 22 heavy (non-hydrogen) atoms. The molecule has 0 aromatic heterocycles. The quantitative estimate of drug-likeness (QED) is 0.850. The predicted molar refractivity (Wildman–Crippen MR) is 94.8 cm³/mol. The molecule has 2 aliphatic rings. The van der Waals surface area contributed by atoms with Gasteiger partial charge in [0, 0.05) is 51.5 Å². The van der Waals surface area contributed by atoms with Gasteiger partial charge in [-0.1, -0.05) is 12.1 Å². The van der Waals surface area contributed by atoms with E-state index in [0.29, 0.717) is 0 Å². The molecule has 3 rings (SSSR count). The lowest BCUT2D eigenvalue weighted by Gasteiger charge is -2.39. The number of hydrogen-bond acceptors (Lipinski definition) is 3. The van der Waals surface area contributed by atoms with Crippen LogP contribution in [0.4, 0.5) is 5.69 Å². The van der Waals surface area contributed by atoms with Crippen molar-refractivity contribution in [1.29, 1.82) is 0 Å². The smallest absolute Gasteiger partial charge is 0.0398 e. The summed E-state index contributed by atoms with van der Waals surface area (Å²) in [7, 11) is 2.24. The number of nitrogens with zero attached hydrogens (tertiary/aromatic N) is 3. The van der Waals surface area contributed by atoms with Crippen molar-refractivity contribution in [2.75, 3.05) is 57.8 Å². The average Bonchev–Trinajstić information content (AvgIpc) is 2.53. The van der Waals surface area contributed by atoms with Crippen molar-refractivity contribution in [3.05, 3.63) is 29.3 Å². The minimum Gasteiger partial charge on any atom is -0.371 e. The molecule has 0 atom stereocenters. The van der Waals surface area contributed by atoms with Crippen molar-refractivity contribution in [3.8, 4) is 0 Å². The van der Waals surface area contributed by atoms with E-state index in [2.05, 4.69) is 53.8 Å². The van der Waals surface area contributed by atoms with Gasteiger partial charge in [-0.15, -0.1) is 0 Å². The molecule has 0 radical (unpaired) electrons. The second-order valence-electron chi connectivity index (χ2n) is 7.25. The van der Waals surface area contributed by atoms with Crippen LogP contribution in [0.25, 0.3) is 0 Å². The summed E-state index contributed by atoms with van der Waals surface area (Å²) < 4.78 is 0. The van der Waals surface area contributed by atoms with E-state index in [1.807, 2.05) is 0 Å². The van der Waals surface area contributed by atoms with Gasteiger partial charge in [-0.05, 0) is 56.8 Å². The molecule has 0 bridgehead atoms. The molecule has 0 spiro atoms. The lowest BCUT2D eigenvalue weighted by atomic mass is 9.94. The maximum Gasteiger partial charge on any atom is 0.0398 e. The summed E-state index contributed by atoms with van der Waals surface area (Å²) >= 11 is 0. The summed E-state index contributed by atoms with van der Waals surface area (Å²) in [6.07, 6.45) is 2.69. The molecule has 2 heterocycles. The molecule has 0 amide bonds. The van der Waals surface area contributed by atoms with Crippen LogP contribution in [0.15, 0.2) is 18.2 Å². The highest BCUT2D eigenvalue weighted by atomic mass is 15.2. The van der Waals surface area contributed by atoms with Gasteiger partial charge in [-0.3, -0.25) is 0 Å². The first kappa shape index (κ1) is 15.8. The molecule has 3 nitrogen and oxygen atoms in total. The summed E-state index contributed by atoms with van der Waals surface area (Å²) in [6, 6.07) is 6.72. The maximum atomic E-state index is 2.68. The fraction of sp³-hybridized carbons (Fsp3) is 0.684. The largest absolute Gasteiger partial charge is 0.371 e. The molecule has 0 unspecified atom stereocenters. The highest BCUT2D eigenvalue weighted by Crippen LogP contribution is 2.28. The van der Waals surface area contributed by atoms with E-state index < -0.39 is 0 Å². The summed E-state index contributed by atoms with van der Waals surface area (Å²) in [5.41, 5.74) is 4.33. The van der Waals surface area contributed by atoms with E-state index in [9.17, 15) is 0 Å². The van der Waals surface area contributed by atoms with Gasteiger partial charge in [-0.25, -0.2) is 0 Å². The van der Waals surface area contributed by atoms with Gasteiger partial charge < -0.3 is 14.7 Å². The van der Waals surface area contributed by atoms with Crippen LogP contribution in [0.3, 0.4) is 0 Å². The number of aryl methyl sites for hydroxylation is 1. The molecule has 3 heteroatoms. The molecule has 2 fully saturated rings. The minimum absolute atomic E-state index is 0.893. The van der Waals surface area contributed by atoms with Crippen molar-refractivity contribution >= 4 is 5.69 Å². The highest BCUT2D eigenvalue weighted by Gasteiger charge is 2.23. The van der Waals surface area contributed by atoms with Crippen molar-refractivity contribution in [2.24, 2.45) is 5.92 Å². The van der Waals surface area contributed by atoms with Crippen LogP contribution in [0.1, 0.15) is 24.0 Å². The number of anilines is 1. The fourth-order valence-electron chi connectivity index (χ4n) is 3.83. The van der Waals surface area contributed by atoms with Crippen molar-refractivity contribution in [1.82, 2.24) is 9.80 Å². The SMILES string of the molecule is Cc1cccc(N2CCC(CN3CCN(C)CC3)CC2)c1C. The molecular weight excluding hydrogens is 270 g/mol. The highest BCUT2D eigenvalue weighted by molar-refractivity contribution is 5.56. The second kappa shape index (κ2) is 7.01. The van der Waals surface area contributed by atoms with Crippen LogP contribution in [-0.2, 0) is 0 Å². The monoisotopic (exact) mass is 301 g/mol. The molecule has 1 aromatic carbocycles. The lowest BCUT2D eigenvalue weighted by molar-refractivity contribution is 0.129. The molecule has 2 aliphatic heterocycles. The van der Waals surface area contributed by atoms with Gasteiger partial charge in [0.25, 0.3) is 0 Å². The Morgan fingerprint density at radius 3 is 2.32 bits per heavy atom. The van der Waals surface area contributed by atoms with Crippen LogP contribution >= 0.6 is 0 Å². The van der Waals surface area contributed by atoms with Gasteiger partial charge in [-0.2, -0.15) is 0 Å². The Bertz CT molecular complexity index is 483. The van der Waals surface area contributed by atoms with Crippen LogP contribution in [0, 0.1) is 19.8 Å². The molecule has 122 valence electrons. The van der Waals surface area contributed by atoms with E-state index in [4.69, 9.17) is 0 Å². The average molecular weight is 301 g/mol. The first-order valence-electron chi connectivity index (χ1n) is 8.85. The molecule has 0 N–H and O–H groups in total. The Kier molecular flexibility index (Phi) is 5.04. The molecule has 2 saturated heterocycles. The zero-order valence-corrected chi connectivity index (χ0v) is 14.5. The third kappa shape index (κ3) is 3.64. The first-order chi connectivity index (χ1) is 10.6. The van der Waals surface area contributed by atoms with Crippen LogP contribution in [0.2, 0.25) is 0 Å². The van der Waals surface area contributed by atoms with Gasteiger partial charge in [0.15, 0.2) is 0 Å². The molecule has 1 aromatic rings. The van der Waals surface area contributed by atoms with E-state index in [-0.39, 0.29) is 0 Å². The number of likely N-dealkylation sites (N-methyl/N-ethyl adjacent to an activating group) is 1. The summed E-state index contributed by atoms with van der Waals surface area (Å²) in [4.78, 5) is 7.72. The number of piperazine rings is 1. The van der Waals surface area contributed by atoms with Crippen molar-refractivity contribution in [2.45, 2.75) is 26.7 Å².